The van der Waals surface area contributed by atoms with Gasteiger partial charge in [-0.05, 0) is 48.4 Å². The average Bonchev–Trinajstić information content (AvgIpc) is 2.47. The van der Waals surface area contributed by atoms with Crippen molar-refractivity contribution in [2.75, 3.05) is 11.9 Å². The summed E-state index contributed by atoms with van der Waals surface area (Å²) in [4.78, 5) is 10.7. The number of alkyl halides is 3. The predicted octanol–water partition coefficient (Wildman–Crippen LogP) is 4.06. The fourth-order valence-corrected chi connectivity index (χ4v) is 1.94. The number of hydrogen-bond donors (Lipinski definition) is 2. The Bertz CT molecular complexity index is 634. The third kappa shape index (κ3) is 4.25. The van der Waals surface area contributed by atoms with Gasteiger partial charge in [0.2, 0.25) is 0 Å². The number of rotatable bonds is 5. The Balaban J connectivity index is 1.87. The molecule has 0 radical (unpaired) electrons. The molecule has 0 aliphatic rings. The van der Waals surface area contributed by atoms with Gasteiger partial charge in [-0.2, -0.15) is 13.2 Å². The summed E-state index contributed by atoms with van der Waals surface area (Å²) in [6, 6.07) is 11.3. The maximum absolute atomic E-state index is 12.4. The van der Waals surface area contributed by atoms with E-state index in [1.54, 1.807) is 12.1 Å². The van der Waals surface area contributed by atoms with Crippen molar-refractivity contribution >= 4 is 11.7 Å². The van der Waals surface area contributed by atoms with Crippen LogP contribution in [0.2, 0.25) is 0 Å². The Hall–Kier alpha value is -2.50. The molecule has 0 atom stereocenters. The van der Waals surface area contributed by atoms with Gasteiger partial charge in [0.05, 0.1) is 11.1 Å². The molecule has 0 spiro atoms. The molecular formula is C16H14F3NO2. The molecule has 0 saturated carbocycles. The lowest BCUT2D eigenvalue weighted by Gasteiger charge is -2.09. The zero-order chi connectivity index (χ0) is 16.2. The molecule has 3 nitrogen and oxygen atoms in total. The lowest BCUT2D eigenvalue weighted by molar-refractivity contribution is -0.137. The van der Waals surface area contributed by atoms with Crippen LogP contribution in [0.1, 0.15) is 21.5 Å². The van der Waals surface area contributed by atoms with Crippen LogP contribution in [-0.4, -0.2) is 17.6 Å². The molecule has 2 aromatic rings. The van der Waals surface area contributed by atoms with E-state index in [9.17, 15) is 18.0 Å². The summed E-state index contributed by atoms with van der Waals surface area (Å²) >= 11 is 0. The van der Waals surface area contributed by atoms with Gasteiger partial charge in [-0.25, -0.2) is 4.79 Å². The van der Waals surface area contributed by atoms with Crippen LogP contribution in [0.15, 0.2) is 48.5 Å². The van der Waals surface area contributed by atoms with Crippen molar-refractivity contribution < 1.29 is 23.1 Å². The number of carboxylic acid groups (broad SMARTS) is 1. The number of hydrogen-bond acceptors (Lipinski definition) is 2. The highest BCUT2D eigenvalue weighted by molar-refractivity contribution is 5.87. The monoisotopic (exact) mass is 309 g/mol. The van der Waals surface area contributed by atoms with Gasteiger partial charge in [-0.1, -0.05) is 12.1 Å². The van der Waals surface area contributed by atoms with Crippen LogP contribution in [0.3, 0.4) is 0 Å². The summed E-state index contributed by atoms with van der Waals surface area (Å²) in [5.74, 6) is -0.977. The molecule has 0 fully saturated rings. The molecule has 22 heavy (non-hydrogen) atoms. The van der Waals surface area contributed by atoms with E-state index in [4.69, 9.17) is 5.11 Å². The number of carboxylic acids is 1. The van der Waals surface area contributed by atoms with Gasteiger partial charge in [0.25, 0.3) is 0 Å². The molecule has 6 heteroatoms. The number of carbonyl (C=O) groups is 1. The van der Waals surface area contributed by atoms with E-state index < -0.39 is 17.7 Å². The van der Waals surface area contributed by atoms with Crippen LogP contribution in [0, 0.1) is 0 Å². The Morgan fingerprint density at radius 1 is 1.00 bits per heavy atom. The van der Waals surface area contributed by atoms with Crippen molar-refractivity contribution in [3.05, 3.63) is 65.2 Å². The van der Waals surface area contributed by atoms with E-state index in [1.165, 1.54) is 24.3 Å². The van der Waals surface area contributed by atoms with Gasteiger partial charge in [0.1, 0.15) is 0 Å². The summed E-state index contributed by atoms with van der Waals surface area (Å²) in [5.41, 5.74) is 1.10. The highest BCUT2D eigenvalue weighted by Gasteiger charge is 2.29. The highest BCUT2D eigenvalue weighted by Crippen LogP contribution is 2.29. The second kappa shape index (κ2) is 6.51. The highest BCUT2D eigenvalue weighted by atomic mass is 19.4. The minimum atomic E-state index is -4.33. The molecule has 0 heterocycles. The summed E-state index contributed by atoms with van der Waals surface area (Å²) in [6.45, 7) is 0.539. The van der Waals surface area contributed by atoms with Crippen LogP contribution in [0.4, 0.5) is 18.9 Å². The SMILES string of the molecule is O=C(O)c1ccc(CCNc2ccc(C(F)(F)F)cc2)cc1. The number of benzene rings is 2. The first-order chi connectivity index (χ1) is 10.4. The quantitative estimate of drug-likeness (QED) is 0.875. The molecule has 0 unspecified atom stereocenters. The van der Waals surface area contributed by atoms with Crippen molar-refractivity contribution in [1.29, 1.82) is 0 Å². The van der Waals surface area contributed by atoms with Crippen molar-refractivity contribution in [2.45, 2.75) is 12.6 Å². The zero-order valence-corrected chi connectivity index (χ0v) is 11.5. The summed E-state index contributed by atoms with van der Waals surface area (Å²) in [7, 11) is 0. The molecule has 0 aliphatic carbocycles. The van der Waals surface area contributed by atoms with Crippen LogP contribution in [0.5, 0.6) is 0 Å². The first-order valence-electron chi connectivity index (χ1n) is 6.59. The molecule has 0 saturated heterocycles. The lowest BCUT2D eigenvalue weighted by Crippen LogP contribution is -2.07. The summed E-state index contributed by atoms with van der Waals surface area (Å²) in [5, 5.41) is 11.8. The van der Waals surface area contributed by atoms with Crippen LogP contribution >= 0.6 is 0 Å². The van der Waals surface area contributed by atoms with Gasteiger partial charge in [-0.3, -0.25) is 0 Å². The van der Waals surface area contributed by atoms with Gasteiger partial charge < -0.3 is 10.4 Å². The largest absolute Gasteiger partial charge is 0.478 e. The van der Waals surface area contributed by atoms with E-state index in [-0.39, 0.29) is 5.56 Å². The molecule has 2 N–H and O–H groups in total. The Morgan fingerprint density at radius 3 is 2.09 bits per heavy atom. The fourth-order valence-electron chi connectivity index (χ4n) is 1.94. The molecule has 0 aromatic heterocycles. The molecule has 2 rings (SSSR count). The predicted molar refractivity (Wildman–Crippen MR) is 77.0 cm³/mol. The smallest absolute Gasteiger partial charge is 0.416 e. The van der Waals surface area contributed by atoms with E-state index in [0.29, 0.717) is 18.7 Å². The first-order valence-corrected chi connectivity index (χ1v) is 6.59. The average molecular weight is 309 g/mol. The second-order valence-corrected chi connectivity index (χ2v) is 4.75. The maximum atomic E-state index is 12.4. The molecule has 0 amide bonds. The molecule has 0 aliphatic heterocycles. The van der Waals surface area contributed by atoms with Crippen molar-refractivity contribution in [3.63, 3.8) is 0 Å². The minimum absolute atomic E-state index is 0.222. The normalized spacial score (nSPS) is 11.2. The summed E-state index contributed by atoms with van der Waals surface area (Å²) < 4.78 is 37.3. The number of nitrogens with one attached hydrogen (secondary N) is 1. The van der Waals surface area contributed by atoms with Gasteiger partial charge in [0.15, 0.2) is 0 Å². The third-order valence-electron chi connectivity index (χ3n) is 3.16. The number of anilines is 1. The number of halogens is 3. The topological polar surface area (TPSA) is 49.3 Å². The zero-order valence-electron chi connectivity index (χ0n) is 11.5. The standard InChI is InChI=1S/C16H14F3NO2/c17-16(18,19)13-5-7-14(8-6-13)20-10-9-11-1-3-12(4-2-11)15(21)22/h1-8,20H,9-10H2,(H,21,22). The van der Waals surface area contributed by atoms with Crippen LogP contribution in [0.25, 0.3) is 0 Å². The molecule has 0 bridgehead atoms. The summed E-state index contributed by atoms with van der Waals surface area (Å²) in [6.07, 6.45) is -3.69. The second-order valence-electron chi connectivity index (χ2n) is 4.75. The third-order valence-corrected chi connectivity index (χ3v) is 3.16. The molecule has 116 valence electrons. The van der Waals surface area contributed by atoms with Gasteiger partial charge in [-0.15, -0.1) is 0 Å². The van der Waals surface area contributed by atoms with E-state index in [0.717, 1.165) is 17.7 Å². The Labute approximate surface area is 125 Å². The van der Waals surface area contributed by atoms with E-state index in [2.05, 4.69) is 5.32 Å². The maximum Gasteiger partial charge on any atom is 0.416 e. The van der Waals surface area contributed by atoms with Crippen molar-refractivity contribution in [1.82, 2.24) is 0 Å². The van der Waals surface area contributed by atoms with Gasteiger partial charge >= 0.3 is 12.1 Å². The molecular weight excluding hydrogens is 295 g/mol. The van der Waals surface area contributed by atoms with E-state index >= 15 is 0 Å². The number of aromatic carboxylic acids is 1. The van der Waals surface area contributed by atoms with Crippen LogP contribution < -0.4 is 5.32 Å². The van der Waals surface area contributed by atoms with Crippen molar-refractivity contribution in [3.8, 4) is 0 Å². The van der Waals surface area contributed by atoms with E-state index in [1.807, 2.05) is 0 Å². The minimum Gasteiger partial charge on any atom is -0.478 e. The fraction of sp³-hybridized carbons (Fsp3) is 0.188. The van der Waals surface area contributed by atoms with Crippen molar-refractivity contribution in [2.24, 2.45) is 0 Å². The molecule has 2 aromatic carbocycles. The lowest BCUT2D eigenvalue weighted by atomic mass is 10.1. The van der Waals surface area contributed by atoms with Gasteiger partial charge in [0, 0.05) is 12.2 Å². The Kier molecular flexibility index (Phi) is 4.70. The first kappa shape index (κ1) is 15.9. The van der Waals surface area contributed by atoms with Crippen LogP contribution in [-0.2, 0) is 12.6 Å². The Morgan fingerprint density at radius 2 is 1.59 bits per heavy atom.